The van der Waals surface area contributed by atoms with E-state index in [4.69, 9.17) is 5.73 Å². The van der Waals surface area contributed by atoms with Gasteiger partial charge in [-0.05, 0) is 33.8 Å². The summed E-state index contributed by atoms with van der Waals surface area (Å²) in [6, 6.07) is 2.12. The number of aromatic nitrogens is 3. The molecular weight excluding hydrogens is 254 g/mol. The van der Waals surface area contributed by atoms with Crippen molar-refractivity contribution < 1.29 is 4.79 Å². The van der Waals surface area contributed by atoms with E-state index in [1.54, 1.807) is 12.4 Å². The normalized spacial score (nSPS) is 12.1. The number of hydrogen-bond donors (Lipinski definition) is 2. The quantitative estimate of drug-likeness (QED) is 0.894. The van der Waals surface area contributed by atoms with Crippen LogP contribution in [0.1, 0.15) is 40.2 Å². The predicted molar refractivity (Wildman–Crippen MR) is 79.4 cm³/mol. The maximum atomic E-state index is 11.8. The van der Waals surface area contributed by atoms with Crippen LogP contribution < -0.4 is 11.1 Å². The third-order valence-corrected chi connectivity index (χ3v) is 2.82. The summed E-state index contributed by atoms with van der Waals surface area (Å²) >= 11 is 0. The molecule has 2 heterocycles. The molecule has 0 aliphatic heterocycles. The van der Waals surface area contributed by atoms with E-state index < -0.39 is 5.54 Å². The van der Waals surface area contributed by atoms with Gasteiger partial charge in [0.2, 0.25) is 5.91 Å². The van der Waals surface area contributed by atoms with E-state index >= 15 is 0 Å². The van der Waals surface area contributed by atoms with Crippen LogP contribution in [-0.2, 0) is 4.79 Å². The zero-order valence-corrected chi connectivity index (χ0v) is 12.3. The molecular formula is C14H21N5O. The minimum absolute atomic E-state index is 0.116. The molecule has 0 spiro atoms. The minimum atomic E-state index is -0.524. The highest BCUT2D eigenvalue weighted by Crippen LogP contribution is 2.19. The maximum absolute atomic E-state index is 11.8. The van der Waals surface area contributed by atoms with Crippen molar-refractivity contribution in [1.82, 2.24) is 14.8 Å². The standard InChI is InChI=1S/C14H21N5O/c1-9(2)19-13-10(7-17-19)5-11(8-16-13)18-12(20)6-14(3,4)15/h5,7-9H,6,15H2,1-4H3,(H,18,20). The molecule has 6 heteroatoms. The molecule has 1 amide bonds. The summed E-state index contributed by atoms with van der Waals surface area (Å²) in [7, 11) is 0. The average Bonchev–Trinajstić information content (AvgIpc) is 2.68. The number of amides is 1. The summed E-state index contributed by atoms with van der Waals surface area (Å²) in [5, 5.41) is 8.01. The second-order valence-electron chi connectivity index (χ2n) is 6.03. The summed E-state index contributed by atoms with van der Waals surface area (Å²) in [5.41, 5.74) is 6.78. The van der Waals surface area contributed by atoms with Crippen LogP contribution in [0.2, 0.25) is 0 Å². The molecule has 0 unspecified atom stereocenters. The Balaban J connectivity index is 2.19. The van der Waals surface area contributed by atoms with Crippen molar-refractivity contribution in [3.63, 3.8) is 0 Å². The van der Waals surface area contributed by atoms with Gasteiger partial charge in [0.1, 0.15) is 0 Å². The van der Waals surface area contributed by atoms with Gasteiger partial charge in [0.05, 0.1) is 18.1 Å². The number of nitrogens with zero attached hydrogens (tertiary/aromatic N) is 3. The molecule has 0 fully saturated rings. The van der Waals surface area contributed by atoms with Crippen LogP contribution in [0.4, 0.5) is 5.69 Å². The number of nitrogens with two attached hydrogens (primary N) is 1. The highest BCUT2D eigenvalue weighted by atomic mass is 16.1. The molecule has 0 aliphatic carbocycles. The van der Waals surface area contributed by atoms with Gasteiger partial charge >= 0.3 is 0 Å². The minimum Gasteiger partial charge on any atom is -0.325 e. The van der Waals surface area contributed by atoms with Crippen molar-refractivity contribution in [2.24, 2.45) is 5.73 Å². The van der Waals surface area contributed by atoms with Gasteiger partial charge in [-0.2, -0.15) is 5.10 Å². The Kier molecular flexibility index (Phi) is 3.76. The van der Waals surface area contributed by atoms with Gasteiger partial charge in [0.25, 0.3) is 0 Å². The number of nitrogens with one attached hydrogen (secondary N) is 1. The first-order valence-electron chi connectivity index (χ1n) is 6.68. The smallest absolute Gasteiger partial charge is 0.226 e. The molecule has 0 saturated heterocycles. The topological polar surface area (TPSA) is 85.8 Å². The third-order valence-electron chi connectivity index (χ3n) is 2.82. The summed E-state index contributed by atoms with van der Waals surface area (Å²) in [4.78, 5) is 16.2. The highest BCUT2D eigenvalue weighted by Gasteiger charge is 2.17. The number of carbonyl (C=O) groups is 1. The Labute approximate surface area is 118 Å². The van der Waals surface area contributed by atoms with Gasteiger partial charge < -0.3 is 11.1 Å². The SMILES string of the molecule is CC(C)n1ncc2cc(NC(=O)CC(C)(C)N)cnc21. The third kappa shape index (κ3) is 3.33. The second kappa shape index (κ2) is 5.20. The Hall–Kier alpha value is -1.95. The van der Waals surface area contributed by atoms with Crippen molar-refractivity contribution >= 4 is 22.6 Å². The van der Waals surface area contributed by atoms with E-state index in [0.717, 1.165) is 11.0 Å². The van der Waals surface area contributed by atoms with Crippen LogP contribution in [0.25, 0.3) is 11.0 Å². The van der Waals surface area contributed by atoms with Gasteiger partial charge in [-0.3, -0.25) is 4.79 Å². The van der Waals surface area contributed by atoms with Crippen LogP contribution in [0, 0.1) is 0 Å². The Morgan fingerprint density at radius 1 is 1.45 bits per heavy atom. The second-order valence-corrected chi connectivity index (χ2v) is 6.03. The van der Waals surface area contributed by atoms with E-state index in [9.17, 15) is 4.79 Å². The van der Waals surface area contributed by atoms with Crippen molar-refractivity contribution in [2.45, 2.75) is 45.7 Å². The maximum Gasteiger partial charge on any atom is 0.226 e. The van der Waals surface area contributed by atoms with Crippen molar-refractivity contribution in [3.8, 4) is 0 Å². The molecule has 0 aliphatic rings. The van der Waals surface area contributed by atoms with E-state index in [1.807, 2.05) is 38.4 Å². The van der Waals surface area contributed by atoms with Crippen LogP contribution in [0.15, 0.2) is 18.5 Å². The predicted octanol–water partition coefficient (Wildman–Crippen LogP) is 2.08. The van der Waals surface area contributed by atoms with Crippen molar-refractivity contribution in [2.75, 3.05) is 5.32 Å². The molecule has 0 bridgehead atoms. The summed E-state index contributed by atoms with van der Waals surface area (Å²) < 4.78 is 1.85. The molecule has 6 nitrogen and oxygen atoms in total. The first kappa shape index (κ1) is 14.5. The number of pyridine rings is 1. The fraction of sp³-hybridized carbons (Fsp3) is 0.500. The monoisotopic (exact) mass is 275 g/mol. The zero-order valence-electron chi connectivity index (χ0n) is 12.3. The lowest BCUT2D eigenvalue weighted by Gasteiger charge is -2.17. The van der Waals surface area contributed by atoms with Crippen molar-refractivity contribution in [3.05, 3.63) is 18.5 Å². The number of rotatable bonds is 4. The fourth-order valence-electron chi connectivity index (χ4n) is 2.01. The molecule has 0 atom stereocenters. The Morgan fingerprint density at radius 2 is 2.15 bits per heavy atom. The Bertz CT molecular complexity index is 624. The van der Waals surface area contributed by atoms with Gasteiger partial charge in [-0.15, -0.1) is 0 Å². The molecule has 3 N–H and O–H groups in total. The van der Waals surface area contributed by atoms with Gasteiger partial charge in [-0.1, -0.05) is 0 Å². The Morgan fingerprint density at radius 3 is 2.75 bits per heavy atom. The van der Waals surface area contributed by atoms with Gasteiger partial charge in [0.15, 0.2) is 5.65 Å². The average molecular weight is 275 g/mol. The molecule has 0 saturated carbocycles. The number of carbonyl (C=O) groups excluding carboxylic acids is 1. The number of anilines is 1. The van der Waals surface area contributed by atoms with Gasteiger partial charge in [-0.25, -0.2) is 9.67 Å². The van der Waals surface area contributed by atoms with E-state index in [0.29, 0.717) is 5.69 Å². The van der Waals surface area contributed by atoms with Crippen molar-refractivity contribution in [1.29, 1.82) is 0 Å². The summed E-state index contributed by atoms with van der Waals surface area (Å²) in [6.45, 7) is 7.74. The van der Waals surface area contributed by atoms with Gasteiger partial charge in [0, 0.05) is 23.4 Å². The largest absolute Gasteiger partial charge is 0.325 e. The van der Waals surface area contributed by atoms with E-state index in [-0.39, 0.29) is 18.4 Å². The number of fused-ring (bicyclic) bond motifs is 1. The lowest BCUT2D eigenvalue weighted by molar-refractivity contribution is -0.117. The zero-order chi connectivity index (χ0) is 14.9. The van der Waals surface area contributed by atoms with Crippen LogP contribution in [0.5, 0.6) is 0 Å². The first-order valence-corrected chi connectivity index (χ1v) is 6.68. The molecule has 0 radical (unpaired) electrons. The molecule has 20 heavy (non-hydrogen) atoms. The van der Waals surface area contributed by atoms with Crippen LogP contribution in [0.3, 0.4) is 0 Å². The van der Waals surface area contributed by atoms with Crippen LogP contribution in [-0.4, -0.2) is 26.2 Å². The fourth-order valence-corrected chi connectivity index (χ4v) is 2.01. The molecule has 108 valence electrons. The van der Waals surface area contributed by atoms with E-state index in [1.165, 1.54) is 0 Å². The molecule has 2 rings (SSSR count). The highest BCUT2D eigenvalue weighted by molar-refractivity contribution is 5.93. The molecule has 0 aromatic carbocycles. The lowest BCUT2D eigenvalue weighted by atomic mass is 10.0. The molecule has 2 aromatic rings. The summed E-state index contributed by atoms with van der Waals surface area (Å²) in [5.74, 6) is -0.116. The first-order chi connectivity index (χ1) is 9.26. The summed E-state index contributed by atoms with van der Waals surface area (Å²) in [6.07, 6.45) is 3.66. The number of hydrogen-bond acceptors (Lipinski definition) is 4. The van der Waals surface area contributed by atoms with E-state index in [2.05, 4.69) is 15.4 Å². The lowest BCUT2D eigenvalue weighted by Crippen LogP contribution is -2.36. The van der Waals surface area contributed by atoms with Crippen LogP contribution >= 0.6 is 0 Å². The molecule has 2 aromatic heterocycles.